The van der Waals surface area contributed by atoms with E-state index in [2.05, 4.69) is 12.2 Å². The van der Waals surface area contributed by atoms with E-state index in [-0.39, 0.29) is 11.7 Å². The Morgan fingerprint density at radius 1 is 1.15 bits per heavy atom. The largest absolute Gasteiger partial charge is 0.444 e. The number of alkyl carbamates (subject to hydrolysis) is 1. The average molecular weight is 283 g/mol. The molecule has 0 aromatic carbocycles. The molecule has 3 atom stereocenters. The van der Waals surface area contributed by atoms with Gasteiger partial charge in [0.15, 0.2) is 5.78 Å². The Bertz CT molecular complexity index is 346. The van der Waals surface area contributed by atoms with Crippen LogP contribution in [0, 0.1) is 11.8 Å². The van der Waals surface area contributed by atoms with Crippen LogP contribution < -0.4 is 5.32 Å². The minimum Gasteiger partial charge on any atom is -0.444 e. The number of rotatable bonds is 3. The number of hydrogen-bond donors (Lipinski definition) is 1. The van der Waals surface area contributed by atoms with Crippen molar-refractivity contribution in [3.05, 3.63) is 0 Å². The first-order valence-corrected chi connectivity index (χ1v) is 7.69. The van der Waals surface area contributed by atoms with E-state index in [4.69, 9.17) is 4.74 Å². The van der Waals surface area contributed by atoms with Crippen LogP contribution in [0.15, 0.2) is 0 Å². The minimum atomic E-state index is -0.538. The summed E-state index contributed by atoms with van der Waals surface area (Å²) in [5.74, 6) is 0.981. The maximum absolute atomic E-state index is 11.9. The molecule has 0 bridgehead atoms. The molecule has 1 amide bonds. The van der Waals surface area contributed by atoms with E-state index in [1.54, 1.807) is 6.92 Å². The third-order valence-corrected chi connectivity index (χ3v) is 3.88. The predicted octanol–water partition coefficient (Wildman–Crippen LogP) is 3.69. The van der Waals surface area contributed by atoms with Crippen LogP contribution in [0.4, 0.5) is 4.79 Å². The lowest BCUT2D eigenvalue weighted by molar-refractivity contribution is -0.120. The summed E-state index contributed by atoms with van der Waals surface area (Å²) in [4.78, 5) is 23.7. The number of carbonyl (C=O) groups excluding carboxylic acids is 2. The van der Waals surface area contributed by atoms with Gasteiger partial charge in [0.05, 0.1) is 6.04 Å². The van der Waals surface area contributed by atoms with E-state index < -0.39 is 17.7 Å². The Labute approximate surface area is 122 Å². The molecule has 20 heavy (non-hydrogen) atoms. The molecule has 0 aliphatic heterocycles. The van der Waals surface area contributed by atoms with Gasteiger partial charge in [-0.2, -0.15) is 0 Å². The summed E-state index contributed by atoms with van der Waals surface area (Å²) in [6, 6.07) is -0.407. The lowest BCUT2D eigenvalue weighted by Crippen LogP contribution is -2.46. The Kier molecular flexibility index (Phi) is 6.03. The molecule has 1 rings (SSSR count). The minimum absolute atomic E-state index is 0.0235. The van der Waals surface area contributed by atoms with Gasteiger partial charge in [0.25, 0.3) is 0 Å². The van der Waals surface area contributed by atoms with Gasteiger partial charge in [-0.25, -0.2) is 4.79 Å². The fourth-order valence-corrected chi connectivity index (χ4v) is 2.84. The summed E-state index contributed by atoms with van der Waals surface area (Å²) >= 11 is 0. The molecule has 0 saturated heterocycles. The normalized spacial score (nSPS) is 25.4. The molecule has 1 saturated carbocycles. The Balaban J connectivity index is 2.64. The molecule has 1 aliphatic carbocycles. The summed E-state index contributed by atoms with van der Waals surface area (Å²) in [5.41, 5.74) is -0.538. The topological polar surface area (TPSA) is 55.4 Å². The van der Waals surface area contributed by atoms with Crippen molar-refractivity contribution in [2.75, 3.05) is 0 Å². The quantitative estimate of drug-likeness (QED) is 0.804. The third-order valence-electron chi connectivity index (χ3n) is 3.88. The highest BCUT2D eigenvalue weighted by atomic mass is 16.6. The molecule has 0 aromatic rings. The number of Topliss-reactive ketones (excluding diaryl/α,β-unsaturated/α-hetero) is 1. The van der Waals surface area contributed by atoms with Gasteiger partial charge in [-0.05, 0) is 52.4 Å². The van der Waals surface area contributed by atoms with Crippen molar-refractivity contribution in [3.63, 3.8) is 0 Å². The second kappa shape index (κ2) is 7.09. The van der Waals surface area contributed by atoms with Crippen molar-refractivity contribution >= 4 is 11.9 Å². The van der Waals surface area contributed by atoms with Crippen LogP contribution in [0.1, 0.15) is 66.7 Å². The van der Waals surface area contributed by atoms with E-state index in [1.165, 1.54) is 6.42 Å². The first kappa shape index (κ1) is 17.0. The number of ether oxygens (including phenoxy) is 1. The number of hydrogen-bond acceptors (Lipinski definition) is 3. The van der Waals surface area contributed by atoms with Crippen LogP contribution >= 0.6 is 0 Å². The van der Waals surface area contributed by atoms with Gasteiger partial charge in [0.2, 0.25) is 0 Å². The van der Waals surface area contributed by atoms with E-state index >= 15 is 0 Å². The zero-order valence-electron chi connectivity index (χ0n) is 13.5. The zero-order valence-corrected chi connectivity index (χ0v) is 13.5. The number of ketones is 1. The second-order valence-electron chi connectivity index (χ2n) is 7.11. The lowest BCUT2D eigenvalue weighted by Gasteiger charge is -2.27. The maximum Gasteiger partial charge on any atom is 0.408 e. The molecule has 4 nitrogen and oxygen atoms in total. The summed E-state index contributed by atoms with van der Waals surface area (Å²) in [6.07, 6.45) is 4.99. The Morgan fingerprint density at radius 3 is 2.35 bits per heavy atom. The van der Waals surface area contributed by atoms with Crippen molar-refractivity contribution < 1.29 is 14.3 Å². The zero-order chi connectivity index (χ0) is 15.3. The smallest absolute Gasteiger partial charge is 0.408 e. The van der Waals surface area contributed by atoms with E-state index in [1.807, 2.05) is 20.8 Å². The Hall–Kier alpha value is -1.06. The molecule has 4 heteroatoms. The van der Waals surface area contributed by atoms with Gasteiger partial charge < -0.3 is 10.1 Å². The van der Waals surface area contributed by atoms with E-state index in [0.29, 0.717) is 5.92 Å². The monoisotopic (exact) mass is 283 g/mol. The molecule has 116 valence electrons. The van der Waals surface area contributed by atoms with Gasteiger partial charge in [0.1, 0.15) is 5.60 Å². The van der Waals surface area contributed by atoms with Gasteiger partial charge in [-0.1, -0.05) is 26.2 Å². The van der Waals surface area contributed by atoms with Crippen LogP contribution in [0.5, 0.6) is 0 Å². The van der Waals surface area contributed by atoms with Gasteiger partial charge in [0, 0.05) is 0 Å². The summed E-state index contributed by atoms with van der Waals surface area (Å²) in [7, 11) is 0. The SMILES string of the molecule is CC(=O)[C@@H](NC(=O)OC(C)(C)C)C1CCC[C@H](C)CC1. The first-order valence-electron chi connectivity index (χ1n) is 7.69. The average Bonchev–Trinajstić information content (AvgIpc) is 2.48. The van der Waals surface area contributed by atoms with Gasteiger partial charge >= 0.3 is 6.09 Å². The third kappa shape index (κ3) is 5.93. The molecular formula is C16H29NO3. The second-order valence-corrected chi connectivity index (χ2v) is 7.11. The molecule has 1 fully saturated rings. The fraction of sp³-hybridized carbons (Fsp3) is 0.875. The predicted molar refractivity (Wildman–Crippen MR) is 79.6 cm³/mol. The van der Waals surface area contributed by atoms with Crippen LogP contribution in [0.2, 0.25) is 0 Å². The van der Waals surface area contributed by atoms with Crippen molar-refractivity contribution in [2.24, 2.45) is 11.8 Å². The summed E-state index contributed by atoms with van der Waals surface area (Å²) in [6.45, 7) is 9.27. The highest BCUT2D eigenvalue weighted by molar-refractivity contribution is 5.85. The molecule has 0 heterocycles. The van der Waals surface area contributed by atoms with E-state index in [9.17, 15) is 9.59 Å². The highest BCUT2D eigenvalue weighted by Gasteiger charge is 2.30. The van der Waals surface area contributed by atoms with E-state index in [0.717, 1.165) is 25.7 Å². The standard InChI is InChI=1S/C16H29NO3/c1-11-7-6-8-13(10-9-11)14(12(2)18)17-15(19)20-16(3,4)5/h11,13-14H,6-10H2,1-5H3,(H,17,19)/t11-,13?,14+/m0/s1. The number of amides is 1. The lowest BCUT2D eigenvalue weighted by atomic mass is 9.89. The fourth-order valence-electron chi connectivity index (χ4n) is 2.84. The van der Waals surface area contributed by atoms with Gasteiger partial charge in [-0.3, -0.25) is 4.79 Å². The van der Waals surface area contributed by atoms with Crippen LogP contribution in [-0.4, -0.2) is 23.5 Å². The highest BCUT2D eigenvalue weighted by Crippen LogP contribution is 2.29. The van der Waals surface area contributed by atoms with Crippen LogP contribution in [0.3, 0.4) is 0 Å². The molecule has 1 N–H and O–H groups in total. The van der Waals surface area contributed by atoms with Crippen LogP contribution in [-0.2, 0) is 9.53 Å². The van der Waals surface area contributed by atoms with Crippen molar-refractivity contribution in [1.29, 1.82) is 0 Å². The summed E-state index contributed by atoms with van der Waals surface area (Å²) in [5, 5.41) is 2.77. The number of nitrogens with one attached hydrogen (secondary N) is 1. The molecular weight excluding hydrogens is 254 g/mol. The van der Waals surface area contributed by atoms with Crippen molar-refractivity contribution in [3.8, 4) is 0 Å². The van der Waals surface area contributed by atoms with Crippen molar-refractivity contribution in [2.45, 2.75) is 78.4 Å². The summed E-state index contributed by atoms with van der Waals surface area (Å²) < 4.78 is 5.26. The van der Waals surface area contributed by atoms with Gasteiger partial charge in [-0.15, -0.1) is 0 Å². The molecule has 0 aromatic heterocycles. The molecule has 1 aliphatic rings. The van der Waals surface area contributed by atoms with Crippen molar-refractivity contribution in [1.82, 2.24) is 5.32 Å². The number of carbonyl (C=O) groups is 2. The molecule has 0 spiro atoms. The van der Waals surface area contributed by atoms with Crippen LogP contribution in [0.25, 0.3) is 0 Å². The first-order chi connectivity index (χ1) is 9.19. The maximum atomic E-state index is 11.9. The molecule has 1 unspecified atom stereocenters. The molecule has 0 radical (unpaired) electrons. The Morgan fingerprint density at radius 2 is 1.80 bits per heavy atom.